The largest absolute Gasteiger partial charge is 0.354 e. The molecule has 0 aliphatic carbocycles. The number of carbonyl (C=O) groups is 2. The minimum atomic E-state index is -0.922. The van der Waals surface area contributed by atoms with Gasteiger partial charge < -0.3 is 15.5 Å². The molecule has 1 atom stereocenters. The Kier molecular flexibility index (Phi) is 8.54. The van der Waals surface area contributed by atoms with E-state index < -0.39 is 17.5 Å². The topological polar surface area (TPSA) is 61.4 Å². The molecule has 29 heavy (non-hydrogen) atoms. The maximum absolute atomic E-state index is 13.6. The Bertz CT molecular complexity index is 862. The fourth-order valence-corrected chi connectivity index (χ4v) is 3.10. The first-order valence-electron chi connectivity index (χ1n) is 9.20. The first-order chi connectivity index (χ1) is 13.8. The lowest BCUT2D eigenvalue weighted by Crippen LogP contribution is -2.35. The molecule has 1 unspecified atom stereocenters. The van der Waals surface area contributed by atoms with Crippen molar-refractivity contribution in [2.45, 2.75) is 18.9 Å². The second-order valence-electron chi connectivity index (χ2n) is 6.79. The van der Waals surface area contributed by atoms with Gasteiger partial charge >= 0.3 is 0 Å². The molecule has 8 heteroatoms. The van der Waals surface area contributed by atoms with Crippen molar-refractivity contribution in [1.82, 2.24) is 15.5 Å². The van der Waals surface area contributed by atoms with Crippen molar-refractivity contribution in [3.05, 3.63) is 70.2 Å². The predicted octanol–water partition coefficient (Wildman–Crippen LogP) is 3.55. The third-order valence-electron chi connectivity index (χ3n) is 4.42. The van der Waals surface area contributed by atoms with Gasteiger partial charge in [-0.15, -0.1) is 0 Å². The number of nitrogens with zero attached hydrogens (tertiary/aromatic N) is 1. The highest BCUT2D eigenvalue weighted by atomic mass is 35.5. The van der Waals surface area contributed by atoms with E-state index in [4.69, 9.17) is 11.6 Å². The summed E-state index contributed by atoms with van der Waals surface area (Å²) in [4.78, 5) is 26.0. The number of benzene rings is 2. The van der Waals surface area contributed by atoms with Gasteiger partial charge in [0.05, 0.1) is 11.6 Å². The molecule has 2 aromatic carbocycles. The number of carbonyl (C=O) groups excluding carboxylic acids is 2. The quantitative estimate of drug-likeness (QED) is 0.606. The molecule has 2 rings (SSSR count). The zero-order chi connectivity index (χ0) is 21.4. The summed E-state index contributed by atoms with van der Waals surface area (Å²) in [6.45, 7) is 0.591. The fourth-order valence-electron chi connectivity index (χ4n) is 2.83. The van der Waals surface area contributed by atoms with Crippen LogP contribution in [-0.2, 0) is 4.79 Å². The number of amides is 2. The van der Waals surface area contributed by atoms with Crippen molar-refractivity contribution in [3.8, 4) is 0 Å². The molecule has 0 saturated carbocycles. The van der Waals surface area contributed by atoms with Crippen molar-refractivity contribution in [2.24, 2.45) is 0 Å². The molecule has 156 valence electrons. The van der Waals surface area contributed by atoms with Crippen LogP contribution in [0.1, 0.15) is 34.8 Å². The minimum Gasteiger partial charge on any atom is -0.354 e. The van der Waals surface area contributed by atoms with E-state index in [2.05, 4.69) is 10.6 Å². The Morgan fingerprint density at radius 2 is 1.83 bits per heavy atom. The van der Waals surface area contributed by atoms with Gasteiger partial charge in [-0.2, -0.15) is 0 Å². The van der Waals surface area contributed by atoms with Crippen LogP contribution < -0.4 is 10.6 Å². The number of nitrogens with one attached hydrogen (secondary N) is 2. The molecular weight excluding hydrogens is 400 g/mol. The smallest absolute Gasteiger partial charge is 0.254 e. The summed E-state index contributed by atoms with van der Waals surface area (Å²) in [5.74, 6) is -2.47. The van der Waals surface area contributed by atoms with Crippen LogP contribution in [0.2, 0.25) is 5.02 Å². The highest BCUT2D eigenvalue weighted by molar-refractivity contribution is 6.31. The number of hydrogen-bond acceptors (Lipinski definition) is 3. The standard InChI is InChI=1S/C21H24ClF2N3O2/c1-27(2)19(15-6-3-4-7-17(15)22)13-26-20(28)8-5-11-25-21(29)16-10-9-14(23)12-18(16)24/h3-4,6-7,9-10,12,19H,5,8,11,13H2,1-2H3,(H,25,29)(H,26,28). The van der Waals surface area contributed by atoms with E-state index in [1.807, 2.05) is 43.3 Å². The van der Waals surface area contributed by atoms with Crippen LogP contribution in [0.4, 0.5) is 8.78 Å². The molecule has 0 fully saturated rings. The average molecular weight is 424 g/mol. The summed E-state index contributed by atoms with van der Waals surface area (Å²) in [5, 5.41) is 6.03. The third-order valence-corrected chi connectivity index (χ3v) is 4.77. The van der Waals surface area contributed by atoms with Crippen molar-refractivity contribution < 1.29 is 18.4 Å². The molecule has 2 N–H and O–H groups in total. The Hall–Kier alpha value is -2.51. The molecule has 0 aromatic heterocycles. The number of halogens is 3. The highest BCUT2D eigenvalue weighted by Crippen LogP contribution is 2.25. The van der Waals surface area contributed by atoms with E-state index >= 15 is 0 Å². The van der Waals surface area contributed by atoms with Gasteiger partial charge in [0.25, 0.3) is 5.91 Å². The zero-order valence-corrected chi connectivity index (χ0v) is 17.1. The molecule has 0 aliphatic heterocycles. The Labute approximate surface area is 174 Å². The summed E-state index contributed by atoms with van der Waals surface area (Å²) in [6, 6.07) is 10.2. The first kappa shape index (κ1) is 22.8. The van der Waals surface area contributed by atoms with Gasteiger partial charge in [-0.3, -0.25) is 9.59 Å². The lowest BCUT2D eigenvalue weighted by atomic mass is 10.1. The molecular formula is C21H24ClF2N3O2. The van der Waals surface area contributed by atoms with Crippen molar-refractivity contribution in [3.63, 3.8) is 0 Å². The second-order valence-corrected chi connectivity index (χ2v) is 7.20. The van der Waals surface area contributed by atoms with Gasteiger partial charge in [0, 0.05) is 30.6 Å². The number of likely N-dealkylation sites (N-methyl/N-ethyl adjacent to an activating group) is 1. The van der Waals surface area contributed by atoms with Gasteiger partial charge in [0.1, 0.15) is 11.6 Å². The van der Waals surface area contributed by atoms with E-state index in [9.17, 15) is 18.4 Å². The third kappa shape index (κ3) is 6.80. The summed E-state index contributed by atoms with van der Waals surface area (Å²) in [5.41, 5.74) is 0.692. The lowest BCUT2D eigenvalue weighted by molar-refractivity contribution is -0.121. The van der Waals surface area contributed by atoms with Crippen molar-refractivity contribution in [2.75, 3.05) is 27.2 Å². The van der Waals surface area contributed by atoms with Crippen LogP contribution in [0.25, 0.3) is 0 Å². The molecule has 0 radical (unpaired) electrons. The lowest BCUT2D eigenvalue weighted by Gasteiger charge is -2.26. The first-order valence-corrected chi connectivity index (χ1v) is 9.58. The SMILES string of the molecule is CN(C)C(CNC(=O)CCCNC(=O)c1ccc(F)cc1F)c1ccccc1Cl. The number of hydrogen-bond donors (Lipinski definition) is 2. The van der Waals surface area contributed by atoms with E-state index in [0.717, 1.165) is 17.7 Å². The molecule has 2 aromatic rings. The molecule has 0 aliphatic rings. The van der Waals surface area contributed by atoms with Crippen LogP contribution in [0, 0.1) is 11.6 Å². The second kappa shape index (κ2) is 10.9. The normalized spacial score (nSPS) is 11.9. The van der Waals surface area contributed by atoms with Gasteiger partial charge in [-0.1, -0.05) is 29.8 Å². The Balaban J connectivity index is 1.76. The summed E-state index contributed by atoms with van der Waals surface area (Å²) in [7, 11) is 3.81. The van der Waals surface area contributed by atoms with Gasteiger partial charge in [0.15, 0.2) is 0 Å². The summed E-state index contributed by atoms with van der Waals surface area (Å²) < 4.78 is 26.5. The minimum absolute atomic E-state index is 0.0752. The van der Waals surface area contributed by atoms with Crippen LogP contribution in [0.15, 0.2) is 42.5 Å². The fraction of sp³-hybridized carbons (Fsp3) is 0.333. The van der Waals surface area contributed by atoms with Crippen LogP contribution >= 0.6 is 11.6 Å². The van der Waals surface area contributed by atoms with Crippen molar-refractivity contribution in [1.29, 1.82) is 0 Å². The van der Waals surface area contributed by atoms with Gasteiger partial charge in [0.2, 0.25) is 5.91 Å². The molecule has 2 amide bonds. The molecule has 0 saturated heterocycles. The zero-order valence-electron chi connectivity index (χ0n) is 16.3. The Morgan fingerprint density at radius 1 is 1.10 bits per heavy atom. The van der Waals surface area contributed by atoms with Crippen LogP contribution in [0.3, 0.4) is 0 Å². The van der Waals surface area contributed by atoms with E-state index in [1.165, 1.54) is 0 Å². The van der Waals surface area contributed by atoms with E-state index in [1.54, 1.807) is 0 Å². The van der Waals surface area contributed by atoms with Gasteiger partial charge in [-0.05, 0) is 44.3 Å². The van der Waals surface area contributed by atoms with Crippen molar-refractivity contribution >= 4 is 23.4 Å². The Morgan fingerprint density at radius 3 is 2.48 bits per heavy atom. The van der Waals surface area contributed by atoms with Crippen LogP contribution in [0.5, 0.6) is 0 Å². The summed E-state index contributed by atoms with van der Waals surface area (Å²) in [6.07, 6.45) is 0.591. The highest BCUT2D eigenvalue weighted by Gasteiger charge is 2.18. The molecule has 0 spiro atoms. The predicted molar refractivity (Wildman–Crippen MR) is 109 cm³/mol. The number of rotatable bonds is 9. The molecule has 5 nitrogen and oxygen atoms in total. The maximum atomic E-state index is 13.6. The monoisotopic (exact) mass is 423 g/mol. The summed E-state index contributed by atoms with van der Waals surface area (Å²) >= 11 is 6.25. The van der Waals surface area contributed by atoms with Gasteiger partial charge in [-0.25, -0.2) is 8.78 Å². The van der Waals surface area contributed by atoms with E-state index in [0.29, 0.717) is 24.1 Å². The molecule has 0 bridgehead atoms. The van der Waals surface area contributed by atoms with Crippen LogP contribution in [-0.4, -0.2) is 43.9 Å². The average Bonchev–Trinajstić information content (AvgIpc) is 2.66. The molecule has 0 heterocycles. The van der Waals surface area contributed by atoms with E-state index in [-0.39, 0.29) is 30.5 Å². The maximum Gasteiger partial charge on any atom is 0.254 e.